The SMILES string of the molecule is CCC(C(=O)NCC(C)C)N(Cc1ccc(OC)cc1)C(=O)CN(c1cccc(Cl)c1)S(=O)(=O)c1ccccc1. The molecule has 0 heterocycles. The van der Waals surface area contributed by atoms with Crippen molar-refractivity contribution in [2.24, 2.45) is 5.92 Å². The van der Waals surface area contributed by atoms with Gasteiger partial charge in [0.1, 0.15) is 18.3 Å². The summed E-state index contributed by atoms with van der Waals surface area (Å²) in [6, 6.07) is 20.6. The van der Waals surface area contributed by atoms with Crippen LogP contribution in [-0.2, 0) is 26.2 Å². The maximum absolute atomic E-state index is 14.0. The van der Waals surface area contributed by atoms with Crippen LogP contribution in [0.15, 0.2) is 83.8 Å². The van der Waals surface area contributed by atoms with Gasteiger partial charge in [0.05, 0.1) is 17.7 Å². The van der Waals surface area contributed by atoms with Gasteiger partial charge in [0.2, 0.25) is 11.8 Å². The fraction of sp³-hybridized carbons (Fsp3) is 0.333. The molecule has 0 aromatic heterocycles. The van der Waals surface area contributed by atoms with Crippen molar-refractivity contribution in [2.75, 3.05) is 24.5 Å². The second-order valence-corrected chi connectivity index (χ2v) is 12.0. The third-order valence-electron chi connectivity index (χ3n) is 6.29. The van der Waals surface area contributed by atoms with E-state index in [0.717, 1.165) is 9.87 Å². The lowest BCUT2D eigenvalue weighted by molar-refractivity contribution is -0.140. The summed E-state index contributed by atoms with van der Waals surface area (Å²) in [6.07, 6.45) is 0.342. The third kappa shape index (κ3) is 7.99. The Morgan fingerprint density at radius 2 is 1.65 bits per heavy atom. The van der Waals surface area contributed by atoms with Crippen molar-refractivity contribution >= 4 is 39.1 Å². The normalized spacial score (nSPS) is 12.1. The molecule has 3 aromatic rings. The van der Waals surface area contributed by atoms with Gasteiger partial charge in [-0.3, -0.25) is 13.9 Å². The van der Waals surface area contributed by atoms with E-state index in [2.05, 4.69) is 5.32 Å². The van der Waals surface area contributed by atoms with E-state index in [-0.39, 0.29) is 29.0 Å². The van der Waals surface area contributed by atoms with Crippen LogP contribution in [0.2, 0.25) is 5.02 Å². The van der Waals surface area contributed by atoms with Crippen molar-refractivity contribution in [3.8, 4) is 5.75 Å². The molecule has 0 saturated heterocycles. The van der Waals surface area contributed by atoms with E-state index >= 15 is 0 Å². The number of hydrogen-bond acceptors (Lipinski definition) is 5. The Balaban J connectivity index is 2.03. The van der Waals surface area contributed by atoms with Gasteiger partial charge in [-0.1, -0.05) is 68.8 Å². The minimum Gasteiger partial charge on any atom is -0.497 e. The molecule has 40 heavy (non-hydrogen) atoms. The van der Waals surface area contributed by atoms with Crippen LogP contribution in [0.1, 0.15) is 32.8 Å². The summed E-state index contributed by atoms with van der Waals surface area (Å²) in [5.74, 6) is 0.0612. The first-order chi connectivity index (χ1) is 19.1. The van der Waals surface area contributed by atoms with E-state index < -0.39 is 28.5 Å². The lowest BCUT2D eigenvalue weighted by Gasteiger charge is -2.33. The molecule has 10 heteroatoms. The Hall–Kier alpha value is -3.56. The number of ether oxygens (including phenoxy) is 1. The average Bonchev–Trinajstić information content (AvgIpc) is 2.95. The molecule has 0 spiro atoms. The smallest absolute Gasteiger partial charge is 0.264 e. The number of anilines is 1. The Labute approximate surface area is 241 Å². The maximum atomic E-state index is 14.0. The van der Waals surface area contributed by atoms with E-state index in [9.17, 15) is 18.0 Å². The van der Waals surface area contributed by atoms with Crippen LogP contribution in [0, 0.1) is 5.92 Å². The molecule has 3 rings (SSSR count). The standard InChI is InChI=1S/C30H36ClN3O5S/c1-5-28(30(36)32-19-22(2)3)33(20-23-14-16-26(39-4)17-15-23)29(35)21-34(25-11-9-10-24(31)18-25)40(37,38)27-12-7-6-8-13-27/h6-18,22,28H,5,19-21H2,1-4H3,(H,32,36). The summed E-state index contributed by atoms with van der Waals surface area (Å²) in [5, 5.41) is 3.25. The van der Waals surface area contributed by atoms with Gasteiger partial charge in [-0.05, 0) is 60.4 Å². The summed E-state index contributed by atoms with van der Waals surface area (Å²) in [4.78, 5) is 28.8. The highest BCUT2D eigenvalue weighted by atomic mass is 35.5. The second kappa shape index (κ2) is 14.2. The Kier molecular flexibility index (Phi) is 11.0. The zero-order chi connectivity index (χ0) is 29.3. The summed E-state index contributed by atoms with van der Waals surface area (Å²) in [6.45, 7) is 5.82. The van der Waals surface area contributed by atoms with Crippen LogP contribution in [0.5, 0.6) is 5.75 Å². The fourth-order valence-electron chi connectivity index (χ4n) is 4.15. The maximum Gasteiger partial charge on any atom is 0.264 e. The van der Waals surface area contributed by atoms with Gasteiger partial charge in [-0.2, -0.15) is 0 Å². The second-order valence-electron chi connectivity index (χ2n) is 9.74. The molecule has 1 unspecified atom stereocenters. The van der Waals surface area contributed by atoms with Crippen molar-refractivity contribution < 1.29 is 22.7 Å². The van der Waals surface area contributed by atoms with Gasteiger partial charge in [-0.15, -0.1) is 0 Å². The molecular weight excluding hydrogens is 550 g/mol. The monoisotopic (exact) mass is 585 g/mol. The zero-order valence-corrected chi connectivity index (χ0v) is 24.8. The fourth-order valence-corrected chi connectivity index (χ4v) is 5.76. The first-order valence-corrected chi connectivity index (χ1v) is 14.9. The number of carbonyl (C=O) groups is 2. The van der Waals surface area contributed by atoms with Gasteiger partial charge in [0.25, 0.3) is 10.0 Å². The number of methoxy groups -OCH3 is 1. The van der Waals surface area contributed by atoms with E-state index in [1.807, 2.05) is 32.9 Å². The Morgan fingerprint density at radius 1 is 0.975 bits per heavy atom. The van der Waals surface area contributed by atoms with Crippen LogP contribution in [0.25, 0.3) is 0 Å². The molecule has 0 fully saturated rings. The number of nitrogens with zero attached hydrogens (tertiary/aromatic N) is 2. The van der Waals surface area contributed by atoms with Gasteiger partial charge < -0.3 is 15.0 Å². The van der Waals surface area contributed by atoms with E-state index in [1.165, 1.54) is 23.1 Å². The molecule has 1 atom stereocenters. The quantitative estimate of drug-likeness (QED) is 0.300. The van der Waals surface area contributed by atoms with Crippen LogP contribution < -0.4 is 14.4 Å². The van der Waals surface area contributed by atoms with Crippen LogP contribution >= 0.6 is 11.6 Å². The number of benzene rings is 3. The lowest BCUT2D eigenvalue weighted by atomic mass is 10.1. The highest BCUT2D eigenvalue weighted by molar-refractivity contribution is 7.92. The lowest BCUT2D eigenvalue weighted by Crippen LogP contribution is -2.52. The molecule has 0 aliphatic rings. The van der Waals surface area contributed by atoms with Crippen LogP contribution in [-0.4, -0.2) is 51.4 Å². The number of nitrogens with one attached hydrogen (secondary N) is 1. The molecular formula is C30H36ClN3O5S. The summed E-state index contributed by atoms with van der Waals surface area (Å²) in [5.41, 5.74) is 1.01. The molecule has 0 bridgehead atoms. The Bertz CT molecular complexity index is 1380. The minimum atomic E-state index is -4.15. The van der Waals surface area contributed by atoms with Crippen molar-refractivity contribution in [1.82, 2.24) is 10.2 Å². The van der Waals surface area contributed by atoms with E-state index in [0.29, 0.717) is 23.7 Å². The number of amides is 2. The first-order valence-electron chi connectivity index (χ1n) is 13.1. The molecule has 0 radical (unpaired) electrons. The van der Waals surface area contributed by atoms with Crippen molar-refractivity contribution in [2.45, 2.75) is 44.7 Å². The number of halogens is 1. The van der Waals surface area contributed by atoms with Crippen LogP contribution in [0.4, 0.5) is 5.69 Å². The topological polar surface area (TPSA) is 96.0 Å². The van der Waals surface area contributed by atoms with E-state index in [1.54, 1.807) is 55.6 Å². The molecule has 214 valence electrons. The van der Waals surface area contributed by atoms with Crippen molar-refractivity contribution in [3.05, 3.63) is 89.4 Å². The molecule has 3 aromatic carbocycles. The molecule has 0 aliphatic carbocycles. The van der Waals surface area contributed by atoms with E-state index in [4.69, 9.17) is 16.3 Å². The Morgan fingerprint density at radius 3 is 2.23 bits per heavy atom. The molecule has 0 saturated carbocycles. The van der Waals surface area contributed by atoms with Gasteiger partial charge in [0.15, 0.2) is 0 Å². The molecule has 8 nitrogen and oxygen atoms in total. The third-order valence-corrected chi connectivity index (χ3v) is 8.31. The highest BCUT2D eigenvalue weighted by Gasteiger charge is 2.33. The van der Waals surface area contributed by atoms with Crippen LogP contribution in [0.3, 0.4) is 0 Å². The van der Waals surface area contributed by atoms with Crippen molar-refractivity contribution in [3.63, 3.8) is 0 Å². The number of rotatable bonds is 13. The number of carbonyl (C=O) groups excluding carboxylic acids is 2. The minimum absolute atomic E-state index is 0.0335. The van der Waals surface area contributed by atoms with Gasteiger partial charge in [0, 0.05) is 18.1 Å². The zero-order valence-electron chi connectivity index (χ0n) is 23.2. The van der Waals surface area contributed by atoms with Crippen molar-refractivity contribution in [1.29, 1.82) is 0 Å². The highest BCUT2D eigenvalue weighted by Crippen LogP contribution is 2.27. The summed E-state index contributed by atoms with van der Waals surface area (Å²) < 4.78 is 33.9. The predicted molar refractivity (Wildman–Crippen MR) is 158 cm³/mol. The summed E-state index contributed by atoms with van der Waals surface area (Å²) >= 11 is 6.21. The molecule has 0 aliphatic heterocycles. The molecule has 1 N–H and O–H groups in total. The average molecular weight is 586 g/mol. The predicted octanol–water partition coefficient (Wildman–Crippen LogP) is 5.12. The first kappa shape index (κ1) is 31.0. The summed E-state index contributed by atoms with van der Waals surface area (Å²) in [7, 11) is -2.58. The van der Waals surface area contributed by atoms with Gasteiger partial charge >= 0.3 is 0 Å². The number of sulfonamides is 1. The van der Waals surface area contributed by atoms with Gasteiger partial charge in [-0.25, -0.2) is 8.42 Å². The molecule has 2 amide bonds. The largest absolute Gasteiger partial charge is 0.497 e. The number of hydrogen-bond donors (Lipinski definition) is 1.